The Morgan fingerprint density at radius 1 is 1.27 bits per heavy atom. The molecule has 2 atom stereocenters. The molecule has 0 aliphatic carbocycles. The summed E-state index contributed by atoms with van der Waals surface area (Å²) in [5.74, 6) is -0.133. The molecule has 4 rings (SSSR count). The van der Waals surface area contributed by atoms with Crippen LogP contribution < -0.4 is 5.32 Å². The van der Waals surface area contributed by atoms with Gasteiger partial charge in [0.15, 0.2) is 0 Å². The lowest BCUT2D eigenvalue weighted by molar-refractivity contribution is 0.0825. The maximum Gasteiger partial charge on any atom is 0.270 e. The standard InChI is InChI=1S/C18H24ClN5O2/c1-12-17(24-9-13(19)3-4-16(24)20-12)18(25)21-14-10-26-11-15(14)23-7-5-22(2)6-8-23/h3-4,9,14-15H,5-8,10-11H2,1-2H3,(H,21,25)/t14-,15-/m0/s1. The summed E-state index contributed by atoms with van der Waals surface area (Å²) in [6.45, 7) is 7.14. The first-order valence-corrected chi connectivity index (χ1v) is 9.36. The molecular formula is C18H24ClN5O2. The number of amides is 1. The van der Waals surface area contributed by atoms with Crippen molar-refractivity contribution in [2.75, 3.05) is 46.4 Å². The fourth-order valence-electron chi connectivity index (χ4n) is 3.84. The summed E-state index contributed by atoms with van der Waals surface area (Å²) >= 11 is 6.10. The Morgan fingerprint density at radius 3 is 2.81 bits per heavy atom. The van der Waals surface area contributed by atoms with Gasteiger partial charge in [-0.1, -0.05) is 11.6 Å². The summed E-state index contributed by atoms with van der Waals surface area (Å²) in [6.07, 6.45) is 1.73. The van der Waals surface area contributed by atoms with E-state index in [-0.39, 0.29) is 18.0 Å². The summed E-state index contributed by atoms with van der Waals surface area (Å²) in [4.78, 5) is 22.2. The van der Waals surface area contributed by atoms with Crippen LogP contribution in [0.25, 0.3) is 5.65 Å². The molecular weight excluding hydrogens is 354 g/mol. The van der Waals surface area contributed by atoms with Crippen LogP contribution in [0.3, 0.4) is 0 Å². The van der Waals surface area contributed by atoms with Gasteiger partial charge in [0, 0.05) is 32.4 Å². The summed E-state index contributed by atoms with van der Waals surface area (Å²) < 4.78 is 7.45. The highest BCUT2D eigenvalue weighted by atomic mass is 35.5. The molecule has 26 heavy (non-hydrogen) atoms. The van der Waals surface area contributed by atoms with Crippen LogP contribution in [0.15, 0.2) is 18.3 Å². The maximum absolute atomic E-state index is 13.0. The smallest absolute Gasteiger partial charge is 0.270 e. The largest absolute Gasteiger partial charge is 0.378 e. The Labute approximate surface area is 157 Å². The van der Waals surface area contributed by atoms with E-state index in [4.69, 9.17) is 16.3 Å². The van der Waals surface area contributed by atoms with Crippen LogP contribution in [0.5, 0.6) is 0 Å². The van der Waals surface area contributed by atoms with Crippen molar-refractivity contribution in [3.63, 3.8) is 0 Å². The number of fused-ring (bicyclic) bond motifs is 1. The van der Waals surface area contributed by atoms with E-state index < -0.39 is 0 Å². The average Bonchev–Trinajstić information content (AvgIpc) is 3.18. The van der Waals surface area contributed by atoms with Crippen LogP contribution in [-0.4, -0.2) is 83.6 Å². The van der Waals surface area contributed by atoms with E-state index in [0.29, 0.717) is 29.6 Å². The second kappa shape index (κ2) is 7.15. The van der Waals surface area contributed by atoms with E-state index in [1.165, 1.54) is 0 Å². The number of rotatable bonds is 3. The minimum Gasteiger partial charge on any atom is -0.378 e. The van der Waals surface area contributed by atoms with Crippen molar-refractivity contribution in [1.29, 1.82) is 0 Å². The van der Waals surface area contributed by atoms with Crippen molar-refractivity contribution in [1.82, 2.24) is 24.5 Å². The second-order valence-corrected chi connectivity index (χ2v) is 7.58. The molecule has 0 saturated carbocycles. The molecule has 2 fully saturated rings. The van der Waals surface area contributed by atoms with Crippen molar-refractivity contribution < 1.29 is 9.53 Å². The molecule has 0 unspecified atom stereocenters. The summed E-state index contributed by atoms with van der Waals surface area (Å²) in [6, 6.07) is 3.79. The number of piperazine rings is 1. The number of hydrogen-bond donors (Lipinski definition) is 1. The van der Waals surface area contributed by atoms with Crippen LogP contribution in [0, 0.1) is 6.92 Å². The van der Waals surface area contributed by atoms with Gasteiger partial charge in [0.25, 0.3) is 5.91 Å². The van der Waals surface area contributed by atoms with E-state index in [9.17, 15) is 4.79 Å². The van der Waals surface area contributed by atoms with Gasteiger partial charge >= 0.3 is 0 Å². The molecule has 2 aliphatic rings. The zero-order valence-corrected chi connectivity index (χ0v) is 15.9. The first-order valence-electron chi connectivity index (χ1n) is 8.98. The lowest BCUT2D eigenvalue weighted by Crippen LogP contribution is -2.56. The first-order chi connectivity index (χ1) is 12.5. The highest BCUT2D eigenvalue weighted by Crippen LogP contribution is 2.19. The number of pyridine rings is 1. The summed E-state index contributed by atoms with van der Waals surface area (Å²) in [5, 5.41) is 3.74. The number of carbonyl (C=O) groups is 1. The number of hydrogen-bond acceptors (Lipinski definition) is 5. The average molecular weight is 378 g/mol. The van der Waals surface area contributed by atoms with Crippen LogP contribution >= 0.6 is 11.6 Å². The fraction of sp³-hybridized carbons (Fsp3) is 0.556. The molecule has 0 bridgehead atoms. The van der Waals surface area contributed by atoms with E-state index in [1.807, 2.05) is 13.0 Å². The Morgan fingerprint density at radius 2 is 2.04 bits per heavy atom. The topological polar surface area (TPSA) is 62.1 Å². The zero-order chi connectivity index (χ0) is 18.3. The van der Waals surface area contributed by atoms with Crippen molar-refractivity contribution >= 4 is 23.2 Å². The highest BCUT2D eigenvalue weighted by Gasteiger charge is 2.36. The molecule has 140 valence electrons. The quantitative estimate of drug-likeness (QED) is 0.866. The predicted molar refractivity (Wildman–Crippen MR) is 99.9 cm³/mol. The second-order valence-electron chi connectivity index (χ2n) is 7.15. The van der Waals surface area contributed by atoms with Gasteiger partial charge in [0.05, 0.1) is 36.0 Å². The molecule has 0 aromatic carbocycles. The van der Waals surface area contributed by atoms with Gasteiger partial charge in [-0.25, -0.2) is 4.98 Å². The maximum atomic E-state index is 13.0. The van der Waals surface area contributed by atoms with Crippen LogP contribution in [0.2, 0.25) is 5.02 Å². The molecule has 0 radical (unpaired) electrons. The monoisotopic (exact) mass is 377 g/mol. The van der Waals surface area contributed by atoms with E-state index in [1.54, 1.807) is 16.7 Å². The lowest BCUT2D eigenvalue weighted by atomic mass is 10.1. The van der Waals surface area contributed by atoms with E-state index >= 15 is 0 Å². The number of nitrogens with one attached hydrogen (secondary N) is 1. The lowest BCUT2D eigenvalue weighted by Gasteiger charge is -2.38. The third-order valence-corrected chi connectivity index (χ3v) is 5.57. The molecule has 2 saturated heterocycles. The molecule has 1 N–H and O–H groups in total. The summed E-state index contributed by atoms with van der Waals surface area (Å²) in [7, 11) is 2.14. The number of likely N-dealkylation sites (N-methyl/N-ethyl adjacent to an activating group) is 1. The van der Waals surface area contributed by atoms with Gasteiger partial charge in [-0.15, -0.1) is 0 Å². The third-order valence-electron chi connectivity index (χ3n) is 5.35. The van der Waals surface area contributed by atoms with Crippen LogP contribution in [-0.2, 0) is 4.74 Å². The Hall–Kier alpha value is -1.67. The van der Waals surface area contributed by atoms with Gasteiger partial charge in [-0.3, -0.25) is 14.1 Å². The van der Waals surface area contributed by atoms with Crippen LogP contribution in [0.1, 0.15) is 16.2 Å². The molecule has 2 aliphatic heterocycles. The minimum atomic E-state index is -0.133. The van der Waals surface area contributed by atoms with Gasteiger partial charge in [-0.2, -0.15) is 0 Å². The normalized spacial score (nSPS) is 25.0. The Kier molecular flexibility index (Phi) is 4.88. The number of carbonyl (C=O) groups excluding carboxylic acids is 1. The Balaban J connectivity index is 1.52. The number of imidazole rings is 1. The fourth-order valence-corrected chi connectivity index (χ4v) is 4.00. The summed E-state index contributed by atoms with van der Waals surface area (Å²) in [5.41, 5.74) is 1.95. The van der Waals surface area contributed by atoms with E-state index in [2.05, 4.69) is 27.1 Å². The number of aryl methyl sites for hydroxylation is 1. The molecule has 7 nitrogen and oxygen atoms in total. The number of halogens is 1. The molecule has 2 aromatic heterocycles. The molecule has 8 heteroatoms. The van der Waals surface area contributed by atoms with Gasteiger partial charge in [-0.05, 0) is 26.1 Å². The number of ether oxygens (including phenoxy) is 1. The number of aromatic nitrogens is 2. The number of nitrogens with zero attached hydrogens (tertiary/aromatic N) is 4. The third kappa shape index (κ3) is 3.32. The molecule has 2 aromatic rings. The van der Waals surface area contributed by atoms with Gasteiger partial charge in [0.1, 0.15) is 11.3 Å². The Bertz CT molecular complexity index is 815. The highest BCUT2D eigenvalue weighted by molar-refractivity contribution is 6.30. The molecule has 0 spiro atoms. The minimum absolute atomic E-state index is 0.0185. The zero-order valence-electron chi connectivity index (χ0n) is 15.1. The van der Waals surface area contributed by atoms with E-state index in [0.717, 1.165) is 31.8 Å². The first kappa shape index (κ1) is 17.7. The molecule has 1 amide bonds. The van der Waals surface area contributed by atoms with Crippen molar-refractivity contribution in [3.8, 4) is 0 Å². The predicted octanol–water partition coefficient (Wildman–Crippen LogP) is 1.04. The van der Waals surface area contributed by atoms with Crippen LogP contribution in [0.4, 0.5) is 0 Å². The molecule has 4 heterocycles. The van der Waals surface area contributed by atoms with Gasteiger partial charge < -0.3 is 15.0 Å². The van der Waals surface area contributed by atoms with Crippen molar-refractivity contribution in [2.45, 2.75) is 19.0 Å². The SMILES string of the molecule is Cc1nc2ccc(Cl)cn2c1C(=O)N[C@H]1COC[C@@H]1N1CCN(C)CC1. The van der Waals surface area contributed by atoms with Crippen molar-refractivity contribution in [2.24, 2.45) is 0 Å². The van der Waals surface area contributed by atoms with Crippen molar-refractivity contribution in [3.05, 3.63) is 34.7 Å². The van der Waals surface area contributed by atoms with Gasteiger partial charge in [0.2, 0.25) is 0 Å².